The summed E-state index contributed by atoms with van der Waals surface area (Å²) in [4.78, 5) is 0. The number of halogens is 25. The lowest BCUT2D eigenvalue weighted by Crippen LogP contribution is -2.54. The lowest BCUT2D eigenvalue weighted by Gasteiger charge is -2.29. The van der Waals surface area contributed by atoms with Crippen LogP contribution in [0.3, 0.4) is 0 Å². The first-order valence-electron chi connectivity index (χ1n) is 9.19. The van der Waals surface area contributed by atoms with Gasteiger partial charge in [-0.15, -0.1) is 0 Å². The Morgan fingerprint density at radius 2 is 0.714 bits per heavy atom. The van der Waals surface area contributed by atoms with E-state index in [-0.39, 0.29) is 0 Å². The van der Waals surface area contributed by atoms with E-state index in [0.717, 1.165) is 0 Å². The minimum Gasteiger partial charge on any atom is -0.363 e. The van der Waals surface area contributed by atoms with Gasteiger partial charge in [-0.05, 0) is 0 Å². The van der Waals surface area contributed by atoms with E-state index in [1.54, 1.807) is 0 Å². The SMILES string of the molecule is FC(F)(F)COCC(F)(F)F.FC(OC(F)C(F)(F)C(F)C(F)(F)F)C(F)(F)C(F)C(F)(F)F.FC1C(F)(F)C1(F)F. The molecule has 2 nitrogen and oxygen atoms in total. The molecule has 1 saturated carbocycles. The molecule has 0 aliphatic heterocycles. The van der Waals surface area contributed by atoms with Crippen LogP contribution in [0.15, 0.2) is 0 Å². The second-order valence-electron chi connectivity index (χ2n) is 7.26. The molecular formula is C15H9F25O2. The molecule has 0 heterocycles. The third-order valence-electron chi connectivity index (χ3n) is 3.62. The zero-order chi connectivity index (χ0) is 34.7. The lowest BCUT2D eigenvalue weighted by atomic mass is 10.2. The number of ether oxygens (including phenoxy) is 2. The van der Waals surface area contributed by atoms with Crippen LogP contribution >= 0.6 is 0 Å². The van der Waals surface area contributed by atoms with Gasteiger partial charge in [0.1, 0.15) is 13.2 Å². The molecule has 27 heteroatoms. The highest BCUT2D eigenvalue weighted by Gasteiger charge is 2.87. The van der Waals surface area contributed by atoms with Crippen molar-refractivity contribution in [2.75, 3.05) is 13.2 Å². The van der Waals surface area contributed by atoms with Crippen molar-refractivity contribution in [3.8, 4) is 0 Å². The Kier molecular flexibility index (Phi) is 13.5. The third-order valence-corrected chi connectivity index (χ3v) is 3.62. The molecule has 0 bridgehead atoms. The highest BCUT2D eigenvalue weighted by Crippen LogP contribution is 2.59. The Morgan fingerprint density at radius 1 is 0.500 bits per heavy atom. The maximum atomic E-state index is 12.6. The fraction of sp³-hybridized carbons (Fsp3) is 1.00. The molecule has 0 aromatic carbocycles. The summed E-state index contributed by atoms with van der Waals surface area (Å²) in [5, 5.41) is 0. The van der Waals surface area contributed by atoms with Gasteiger partial charge in [0.2, 0.25) is 6.17 Å². The van der Waals surface area contributed by atoms with Crippen molar-refractivity contribution in [3.63, 3.8) is 0 Å². The van der Waals surface area contributed by atoms with Gasteiger partial charge in [0.25, 0.3) is 25.1 Å². The van der Waals surface area contributed by atoms with Crippen LogP contribution in [-0.4, -0.2) is 92.8 Å². The molecule has 0 spiro atoms. The molecule has 0 saturated heterocycles. The normalized spacial score (nSPS) is 20.8. The van der Waals surface area contributed by atoms with Crippen molar-refractivity contribution in [2.24, 2.45) is 0 Å². The van der Waals surface area contributed by atoms with Gasteiger partial charge in [-0.3, -0.25) is 0 Å². The van der Waals surface area contributed by atoms with Crippen LogP contribution in [0.5, 0.6) is 0 Å². The predicted octanol–water partition coefficient (Wildman–Crippen LogP) is 8.40. The van der Waals surface area contributed by atoms with E-state index in [0.29, 0.717) is 0 Å². The fourth-order valence-corrected chi connectivity index (χ4v) is 1.54. The van der Waals surface area contributed by atoms with Gasteiger partial charge in [-0.1, -0.05) is 0 Å². The Balaban J connectivity index is 0. The summed E-state index contributed by atoms with van der Waals surface area (Å²) in [6, 6.07) is 0. The van der Waals surface area contributed by atoms with Crippen LogP contribution in [0.4, 0.5) is 110 Å². The Hall–Kier alpha value is -1.83. The van der Waals surface area contributed by atoms with Crippen LogP contribution in [0, 0.1) is 0 Å². The van der Waals surface area contributed by atoms with Gasteiger partial charge < -0.3 is 9.47 Å². The van der Waals surface area contributed by atoms with Crippen LogP contribution in [0.1, 0.15) is 0 Å². The average Bonchev–Trinajstić information content (AvgIpc) is 3.10. The number of rotatable bonds is 8. The summed E-state index contributed by atoms with van der Waals surface area (Å²) in [6.07, 6.45) is -46.4. The molecule has 1 aliphatic rings. The Morgan fingerprint density at radius 3 is 0.857 bits per heavy atom. The predicted molar refractivity (Wildman–Crippen MR) is 80.4 cm³/mol. The van der Waals surface area contributed by atoms with Gasteiger partial charge in [0.15, 0.2) is 0 Å². The number of hydrogen-bond acceptors (Lipinski definition) is 2. The fourth-order valence-electron chi connectivity index (χ4n) is 1.54. The molecule has 1 rings (SSSR count). The van der Waals surface area contributed by atoms with Crippen molar-refractivity contribution in [2.45, 2.75) is 79.6 Å². The summed E-state index contributed by atoms with van der Waals surface area (Å²) in [5.41, 5.74) is 0. The minimum atomic E-state index is -6.43. The molecule has 1 aliphatic carbocycles. The van der Waals surface area contributed by atoms with Crippen molar-refractivity contribution in [1.82, 2.24) is 0 Å². The summed E-state index contributed by atoms with van der Waals surface area (Å²) < 4.78 is 298. The number of alkyl halides is 25. The third kappa shape index (κ3) is 12.4. The molecular weight excluding hydrogens is 687 g/mol. The van der Waals surface area contributed by atoms with E-state index >= 15 is 0 Å². The summed E-state index contributed by atoms with van der Waals surface area (Å²) >= 11 is 0. The van der Waals surface area contributed by atoms with E-state index in [1.807, 2.05) is 0 Å². The van der Waals surface area contributed by atoms with Crippen molar-refractivity contribution >= 4 is 0 Å². The van der Waals surface area contributed by atoms with E-state index < -0.39 is 92.8 Å². The summed E-state index contributed by atoms with van der Waals surface area (Å²) in [7, 11) is 0. The van der Waals surface area contributed by atoms with Crippen LogP contribution in [0.2, 0.25) is 0 Å². The van der Waals surface area contributed by atoms with Crippen molar-refractivity contribution < 1.29 is 119 Å². The van der Waals surface area contributed by atoms with Gasteiger partial charge in [0, 0.05) is 0 Å². The first kappa shape index (κ1) is 42.3. The van der Waals surface area contributed by atoms with Crippen LogP contribution in [0.25, 0.3) is 0 Å². The molecule has 0 aromatic rings. The maximum Gasteiger partial charge on any atom is 0.425 e. The maximum absolute atomic E-state index is 12.6. The van der Waals surface area contributed by atoms with Gasteiger partial charge >= 0.3 is 48.4 Å². The molecule has 0 radical (unpaired) electrons. The molecule has 1 fully saturated rings. The van der Waals surface area contributed by atoms with Crippen LogP contribution < -0.4 is 0 Å². The van der Waals surface area contributed by atoms with Gasteiger partial charge in [0.05, 0.1) is 0 Å². The second kappa shape index (κ2) is 13.4. The molecule has 0 aromatic heterocycles. The molecule has 256 valence electrons. The zero-order valence-electron chi connectivity index (χ0n) is 18.6. The van der Waals surface area contributed by atoms with Crippen molar-refractivity contribution in [1.29, 1.82) is 0 Å². The molecule has 0 amide bonds. The largest absolute Gasteiger partial charge is 0.425 e. The topological polar surface area (TPSA) is 18.5 Å². The first-order valence-corrected chi connectivity index (χ1v) is 9.19. The molecule has 4 atom stereocenters. The lowest BCUT2D eigenvalue weighted by molar-refractivity contribution is -0.348. The second-order valence-corrected chi connectivity index (χ2v) is 7.26. The van der Waals surface area contributed by atoms with E-state index in [4.69, 9.17) is 0 Å². The van der Waals surface area contributed by atoms with E-state index in [2.05, 4.69) is 9.47 Å². The Bertz CT molecular complexity index is 745. The van der Waals surface area contributed by atoms with E-state index in [1.165, 1.54) is 0 Å². The standard InChI is InChI=1S/C8H4F14O.C4H4F6O.C3HF5/c9-1(7(17,18)19)5(13,14)3(11)23-4(12)6(15,16)2(10)8(20,21)22;5-3(6,7)1-11-2-4(8,9)10;4-1-2(5,6)3(1,7)8/h1-4H;1-2H2;1H. The highest BCUT2D eigenvalue weighted by molar-refractivity contribution is 5.15. The van der Waals surface area contributed by atoms with Crippen molar-refractivity contribution in [3.05, 3.63) is 0 Å². The number of hydrogen-bond donors (Lipinski definition) is 0. The highest BCUT2D eigenvalue weighted by atomic mass is 19.4. The monoisotopic (exact) mass is 696 g/mol. The molecule has 0 N–H and O–H groups in total. The smallest absolute Gasteiger partial charge is 0.363 e. The summed E-state index contributed by atoms with van der Waals surface area (Å²) in [5.74, 6) is -21.4. The van der Waals surface area contributed by atoms with Gasteiger partial charge in [-0.2, -0.15) is 87.8 Å². The quantitative estimate of drug-likeness (QED) is 0.238. The average molecular weight is 696 g/mol. The van der Waals surface area contributed by atoms with Crippen LogP contribution in [-0.2, 0) is 9.47 Å². The molecule has 4 unspecified atom stereocenters. The molecule has 42 heavy (non-hydrogen) atoms. The zero-order valence-corrected chi connectivity index (χ0v) is 18.6. The minimum absolute atomic E-state index is 1.87. The first-order chi connectivity index (χ1) is 18.0. The van der Waals surface area contributed by atoms with Gasteiger partial charge in [-0.25, -0.2) is 22.0 Å². The summed E-state index contributed by atoms with van der Waals surface area (Å²) in [6.45, 7) is -3.74. The van der Waals surface area contributed by atoms with E-state index in [9.17, 15) is 110 Å². The Labute approximate surface area is 213 Å².